The lowest BCUT2D eigenvalue weighted by molar-refractivity contribution is 0.353. The zero-order chi connectivity index (χ0) is 18.8. The van der Waals surface area contributed by atoms with Crippen LogP contribution in [0.25, 0.3) is 10.6 Å². The summed E-state index contributed by atoms with van der Waals surface area (Å²) in [5, 5.41) is 6.33. The topological polar surface area (TPSA) is 74.7 Å². The fraction of sp³-hybridized carbons (Fsp3) is 0.444. The van der Waals surface area contributed by atoms with E-state index in [2.05, 4.69) is 15.3 Å². The van der Waals surface area contributed by atoms with Crippen molar-refractivity contribution in [3.05, 3.63) is 41.4 Å². The fourth-order valence-corrected chi connectivity index (χ4v) is 5.12. The van der Waals surface area contributed by atoms with E-state index >= 15 is 0 Å². The summed E-state index contributed by atoms with van der Waals surface area (Å²) < 4.78 is 23.6. The summed E-state index contributed by atoms with van der Waals surface area (Å²) >= 11 is 1.61. The SMILES string of the molecule is CN=C(NCc1csc(-c2ccccc2)n1)N1CCS(=O)(=O)C(C)(C)C1. The number of hydrogen-bond acceptors (Lipinski definition) is 5. The highest BCUT2D eigenvalue weighted by molar-refractivity contribution is 7.92. The van der Waals surface area contributed by atoms with E-state index in [1.54, 1.807) is 32.2 Å². The molecule has 1 aliphatic heterocycles. The molecule has 1 aromatic carbocycles. The van der Waals surface area contributed by atoms with Crippen LogP contribution < -0.4 is 5.32 Å². The second-order valence-corrected chi connectivity index (χ2v) is 10.5. The van der Waals surface area contributed by atoms with Gasteiger partial charge in [-0.2, -0.15) is 0 Å². The van der Waals surface area contributed by atoms with Crippen LogP contribution in [0.1, 0.15) is 19.5 Å². The molecular formula is C18H24N4O2S2. The van der Waals surface area contributed by atoms with Gasteiger partial charge in [-0.15, -0.1) is 11.3 Å². The Hall–Kier alpha value is -1.93. The van der Waals surface area contributed by atoms with Gasteiger partial charge in [-0.3, -0.25) is 4.99 Å². The first-order chi connectivity index (χ1) is 12.3. The van der Waals surface area contributed by atoms with Crippen molar-refractivity contribution in [1.29, 1.82) is 0 Å². The van der Waals surface area contributed by atoms with Crippen LogP contribution in [-0.4, -0.2) is 54.9 Å². The average Bonchev–Trinajstić information content (AvgIpc) is 3.08. The number of hydrogen-bond donors (Lipinski definition) is 1. The molecule has 2 heterocycles. The molecule has 1 aromatic heterocycles. The molecule has 26 heavy (non-hydrogen) atoms. The van der Waals surface area contributed by atoms with Crippen molar-refractivity contribution in [1.82, 2.24) is 15.2 Å². The Morgan fingerprint density at radius 3 is 2.73 bits per heavy atom. The van der Waals surface area contributed by atoms with Gasteiger partial charge >= 0.3 is 0 Å². The third kappa shape index (κ3) is 3.91. The van der Waals surface area contributed by atoms with Gasteiger partial charge in [0.1, 0.15) is 5.01 Å². The van der Waals surface area contributed by atoms with Crippen molar-refractivity contribution in [2.24, 2.45) is 4.99 Å². The van der Waals surface area contributed by atoms with Crippen LogP contribution >= 0.6 is 11.3 Å². The van der Waals surface area contributed by atoms with Crippen LogP contribution in [-0.2, 0) is 16.4 Å². The van der Waals surface area contributed by atoms with Gasteiger partial charge in [-0.25, -0.2) is 13.4 Å². The van der Waals surface area contributed by atoms with Crippen molar-refractivity contribution in [3.63, 3.8) is 0 Å². The Kier molecular flexibility index (Phi) is 5.34. The Morgan fingerprint density at radius 2 is 2.08 bits per heavy atom. The normalized spacial score (nSPS) is 19.3. The molecule has 0 atom stereocenters. The van der Waals surface area contributed by atoms with E-state index in [1.165, 1.54) is 0 Å². The zero-order valence-corrected chi connectivity index (χ0v) is 16.9. The predicted octanol–water partition coefficient (Wildman–Crippen LogP) is 2.39. The maximum Gasteiger partial charge on any atom is 0.194 e. The Labute approximate surface area is 158 Å². The number of rotatable bonds is 3. The number of nitrogens with one attached hydrogen (secondary N) is 1. The van der Waals surface area contributed by atoms with Gasteiger partial charge in [-0.05, 0) is 13.8 Å². The molecule has 6 nitrogen and oxygen atoms in total. The standard InChI is InChI=1S/C18H24N4O2S2/c1-18(2)13-22(9-10-26(18,23)24)17(19-3)20-11-15-12-25-16(21-15)14-7-5-4-6-8-14/h4-8,12H,9-11,13H2,1-3H3,(H,19,20). The molecule has 1 aliphatic rings. The number of nitrogens with zero attached hydrogens (tertiary/aromatic N) is 3. The third-order valence-corrected chi connectivity index (χ3v) is 8.03. The third-order valence-electron chi connectivity index (χ3n) is 4.55. The fourth-order valence-electron chi connectivity index (χ4n) is 2.93. The number of aliphatic imine (C=N–C) groups is 1. The van der Waals surface area contributed by atoms with Crippen LogP contribution in [0.2, 0.25) is 0 Å². The number of thiazole rings is 1. The molecule has 0 amide bonds. The summed E-state index contributed by atoms with van der Waals surface area (Å²) in [6.45, 7) is 4.99. The zero-order valence-electron chi connectivity index (χ0n) is 15.3. The van der Waals surface area contributed by atoms with E-state index in [0.29, 0.717) is 25.6 Å². The van der Waals surface area contributed by atoms with Gasteiger partial charge in [0.25, 0.3) is 0 Å². The van der Waals surface area contributed by atoms with E-state index in [-0.39, 0.29) is 5.75 Å². The summed E-state index contributed by atoms with van der Waals surface area (Å²) in [5.41, 5.74) is 2.05. The van der Waals surface area contributed by atoms with Gasteiger partial charge in [-0.1, -0.05) is 30.3 Å². The Balaban J connectivity index is 1.65. The largest absolute Gasteiger partial charge is 0.351 e. The predicted molar refractivity (Wildman–Crippen MR) is 107 cm³/mol. The molecule has 1 saturated heterocycles. The first-order valence-electron chi connectivity index (χ1n) is 8.50. The van der Waals surface area contributed by atoms with E-state index in [4.69, 9.17) is 0 Å². The average molecular weight is 393 g/mol. The minimum absolute atomic E-state index is 0.148. The van der Waals surface area contributed by atoms with Crippen LogP contribution in [0.4, 0.5) is 0 Å². The molecule has 0 spiro atoms. The maximum absolute atomic E-state index is 12.2. The van der Waals surface area contributed by atoms with Crippen LogP contribution in [0.3, 0.4) is 0 Å². The highest BCUT2D eigenvalue weighted by Gasteiger charge is 2.40. The number of benzene rings is 1. The number of aromatic nitrogens is 1. The van der Waals surface area contributed by atoms with Crippen LogP contribution in [0.5, 0.6) is 0 Å². The van der Waals surface area contributed by atoms with Gasteiger partial charge in [0, 0.05) is 31.1 Å². The molecule has 0 saturated carbocycles. The summed E-state index contributed by atoms with van der Waals surface area (Å²) in [5.74, 6) is 0.859. The lowest BCUT2D eigenvalue weighted by Crippen LogP contribution is -2.57. The van der Waals surface area contributed by atoms with Gasteiger partial charge in [0.15, 0.2) is 15.8 Å². The highest BCUT2D eigenvalue weighted by atomic mass is 32.2. The van der Waals surface area contributed by atoms with Crippen molar-refractivity contribution in [2.75, 3.05) is 25.9 Å². The molecule has 0 unspecified atom stereocenters. The monoisotopic (exact) mass is 392 g/mol. The number of sulfone groups is 1. The van der Waals surface area contributed by atoms with Gasteiger partial charge < -0.3 is 10.2 Å². The van der Waals surface area contributed by atoms with Crippen LogP contribution in [0.15, 0.2) is 40.7 Å². The van der Waals surface area contributed by atoms with Crippen molar-refractivity contribution in [3.8, 4) is 10.6 Å². The van der Waals surface area contributed by atoms with Crippen molar-refractivity contribution >= 4 is 27.1 Å². The molecule has 0 radical (unpaired) electrons. The molecule has 0 aliphatic carbocycles. The molecule has 1 N–H and O–H groups in total. The second-order valence-electron chi connectivity index (χ2n) is 6.91. The molecule has 1 fully saturated rings. The minimum Gasteiger partial charge on any atom is -0.351 e. The molecule has 0 bridgehead atoms. The van der Waals surface area contributed by atoms with Crippen molar-refractivity contribution < 1.29 is 8.42 Å². The Morgan fingerprint density at radius 1 is 1.35 bits per heavy atom. The summed E-state index contributed by atoms with van der Waals surface area (Å²) in [6.07, 6.45) is 0. The second kappa shape index (κ2) is 7.36. The van der Waals surface area contributed by atoms with E-state index < -0.39 is 14.6 Å². The lowest BCUT2D eigenvalue weighted by Gasteiger charge is -2.39. The summed E-state index contributed by atoms with van der Waals surface area (Å²) in [6, 6.07) is 10.1. The first-order valence-corrected chi connectivity index (χ1v) is 11.0. The van der Waals surface area contributed by atoms with E-state index in [9.17, 15) is 8.42 Å². The highest BCUT2D eigenvalue weighted by Crippen LogP contribution is 2.25. The quantitative estimate of drug-likeness (QED) is 0.641. The summed E-state index contributed by atoms with van der Waals surface area (Å²) in [4.78, 5) is 11.0. The molecule has 140 valence electrons. The van der Waals surface area contributed by atoms with Crippen molar-refractivity contribution in [2.45, 2.75) is 25.1 Å². The Bertz CT molecular complexity index is 889. The molecule has 2 aromatic rings. The van der Waals surface area contributed by atoms with Gasteiger partial charge in [0.05, 0.1) is 22.7 Å². The summed E-state index contributed by atoms with van der Waals surface area (Å²) in [7, 11) is -1.35. The lowest BCUT2D eigenvalue weighted by atomic mass is 10.2. The number of guanidine groups is 1. The minimum atomic E-state index is -3.07. The maximum atomic E-state index is 12.2. The van der Waals surface area contributed by atoms with E-state index in [1.807, 2.05) is 40.6 Å². The first kappa shape index (κ1) is 18.8. The van der Waals surface area contributed by atoms with Crippen LogP contribution in [0, 0.1) is 0 Å². The molecule has 3 rings (SSSR count). The van der Waals surface area contributed by atoms with E-state index in [0.717, 1.165) is 16.3 Å². The molecule has 8 heteroatoms. The smallest absolute Gasteiger partial charge is 0.194 e. The van der Waals surface area contributed by atoms with Gasteiger partial charge in [0.2, 0.25) is 0 Å². The molecular weight excluding hydrogens is 368 g/mol.